The van der Waals surface area contributed by atoms with E-state index in [4.69, 9.17) is 47.0 Å². The van der Waals surface area contributed by atoms with Crippen LogP contribution in [-0.4, -0.2) is 15.2 Å². The van der Waals surface area contributed by atoms with Crippen molar-refractivity contribution in [3.05, 3.63) is 96.3 Å². The third kappa shape index (κ3) is 5.37. The summed E-state index contributed by atoms with van der Waals surface area (Å²) in [5.41, 5.74) is 0.859. The molecule has 3 aromatic carbocycles. The fourth-order valence-electron chi connectivity index (χ4n) is 2.97. The topological polar surface area (TPSA) is 63.4 Å². The molecule has 0 spiro atoms. The van der Waals surface area contributed by atoms with Crippen LogP contribution in [0.4, 0.5) is 11.4 Å². The fraction of sp³-hybridized carbons (Fsp3) is 0. The lowest BCUT2D eigenvalue weighted by Crippen LogP contribution is -2.27. The molecule has 1 heterocycles. The number of benzene rings is 3. The summed E-state index contributed by atoms with van der Waals surface area (Å²) in [7, 11) is 0. The monoisotopic (exact) mass is 552 g/mol. The first kappa shape index (κ1) is 24.1. The summed E-state index contributed by atoms with van der Waals surface area (Å²) < 4.78 is 0.305. The zero-order chi connectivity index (χ0) is 23.7. The molecule has 0 saturated carbocycles. The molecule has 5 nitrogen and oxygen atoms in total. The Labute approximate surface area is 217 Å². The lowest BCUT2D eigenvalue weighted by molar-refractivity contribution is -0.387. The number of carbonyl (C=O) groups excluding carboxylic acids is 1. The smallest absolute Gasteiger partial charge is 0.268 e. The maximum atomic E-state index is 13.0. The molecule has 4 rings (SSSR count). The summed E-state index contributed by atoms with van der Waals surface area (Å²) in [6.45, 7) is 0. The van der Waals surface area contributed by atoms with Crippen molar-refractivity contribution in [3.8, 4) is 0 Å². The molecule has 1 saturated heterocycles. The van der Waals surface area contributed by atoms with Crippen LogP contribution in [0.5, 0.6) is 0 Å². The highest BCUT2D eigenvalue weighted by molar-refractivity contribution is 8.27. The van der Waals surface area contributed by atoms with E-state index in [9.17, 15) is 14.9 Å². The number of carbonyl (C=O) groups is 1. The third-order valence-electron chi connectivity index (χ3n) is 4.46. The summed E-state index contributed by atoms with van der Waals surface area (Å²) in [5.74, 6) is -0.364. The van der Waals surface area contributed by atoms with Crippen molar-refractivity contribution < 1.29 is 9.72 Å². The highest BCUT2D eigenvalue weighted by atomic mass is 35.5. The molecular weight excluding hydrogens is 543 g/mol. The molecule has 0 bridgehead atoms. The van der Waals surface area contributed by atoms with E-state index in [0.29, 0.717) is 40.4 Å². The Kier molecular flexibility index (Phi) is 7.33. The SMILES string of the molecule is O=C1/C(=C\c2ccc(Sc3ccc(Cl)cc3)c([N+](=O)[O-])c2)SC(=S)N1c1ccc(Cl)cc1Cl. The standard InChI is InChI=1S/C22H11Cl3N2O3S3/c23-13-2-5-15(6-3-13)32-19-8-1-12(9-18(19)27(29)30)10-20-21(28)26(22(31)33-20)17-7-4-14(24)11-16(17)25/h1-11H/b20-10+. The molecular formula is C22H11Cl3N2O3S3. The van der Waals surface area contributed by atoms with Crippen LogP contribution in [0, 0.1) is 10.1 Å². The molecule has 0 radical (unpaired) electrons. The molecule has 11 heteroatoms. The minimum absolute atomic E-state index is 0.0695. The average molecular weight is 554 g/mol. The largest absolute Gasteiger partial charge is 0.283 e. The zero-order valence-corrected chi connectivity index (χ0v) is 21.0. The zero-order valence-electron chi connectivity index (χ0n) is 16.3. The van der Waals surface area contributed by atoms with Crippen LogP contribution in [0.25, 0.3) is 6.08 Å². The van der Waals surface area contributed by atoms with Gasteiger partial charge in [-0.3, -0.25) is 19.8 Å². The van der Waals surface area contributed by atoms with Crippen molar-refractivity contribution in [2.75, 3.05) is 4.90 Å². The van der Waals surface area contributed by atoms with Crippen molar-refractivity contribution in [2.45, 2.75) is 9.79 Å². The van der Waals surface area contributed by atoms with Gasteiger partial charge in [-0.1, -0.05) is 76.6 Å². The van der Waals surface area contributed by atoms with Crippen molar-refractivity contribution >= 4 is 98.2 Å². The van der Waals surface area contributed by atoms with Crippen LogP contribution in [-0.2, 0) is 4.79 Å². The number of nitrogens with zero attached hydrogens (tertiary/aromatic N) is 2. The number of thiocarbonyl (C=S) groups is 1. The van der Waals surface area contributed by atoms with E-state index in [1.807, 2.05) is 0 Å². The number of anilines is 1. The Balaban J connectivity index is 1.64. The van der Waals surface area contributed by atoms with Gasteiger partial charge < -0.3 is 0 Å². The number of hydrogen-bond donors (Lipinski definition) is 0. The number of nitro groups is 1. The van der Waals surface area contributed by atoms with Crippen LogP contribution >= 0.6 is 70.5 Å². The van der Waals surface area contributed by atoms with Crippen LogP contribution in [0.2, 0.25) is 15.1 Å². The van der Waals surface area contributed by atoms with Crippen molar-refractivity contribution in [1.82, 2.24) is 0 Å². The van der Waals surface area contributed by atoms with Gasteiger partial charge in [0.25, 0.3) is 11.6 Å². The molecule has 0 N–H and O–H groups in total. The maximum absolute atomic E-state index is 13.0. The summed E-state index contributed by atoms with van der Waals surface area (Å²) in [6.07, 6.45) is 1.58. The van der Waals surface area contributed by atoms with E-state index in [0.717, 1.165) is 16.7 Å². The van der Waals surface area contributed by atoms with Gasteiger partial charge in [0.1, 0.15) is 0 Å². The van der Waals surface area contributed by atoms with Crippen LogP contribution < -0.4 is 4.90 Å². The van der Waals surface area contributed by atoms with E-state index in [2.05, 4.69) is 0 Å². The van der Waals surface area contributed by atoms with Crippen LogP contribution in [0.1, 0.15) is 5.56 Å². The second-order valence-electron chi connectivity index (χ2n) is 6.65. The Morgan fingerprint density at radius 1 is 1.00 bits per heavy atom. The maximum Gasteiger partial charge on any atom is 0.283 e. The molecule has 166 valence electrons. The molecule has 1 aliphatic rings. The van der Waals surface area contributed by atoms with Gasteiger partial charge in [0, 0.05) is 21.0 Å². The quantitative estimate of drug-likeness (QED) is 0.138. The molecule has 3 aromatic rings. The number of thioether (sulfide) groups is 1. The van der Waals surface area contributed by atoms with Crippen molar-refractivity contribution in [3.63, 3.8) is 0 Å². The highest BCUT2D eigenvalue weighted by Crippen LogP contribution is 2.41. The van der Waals surface area contributed by atoms with E-state index in [1.54, 1.807) is 54.6 Å². The summed E-state index contributed by atoms with van der Waals surface area (Å²) in [6, 6.07) is 16.6. The van der Waals surface area contributed by atoms with Gasteiger partial charge in [-0.15, -0.1) is 0 Å². The number of rotatable bonds is 5. The van der Waals surface area contributed by atoms with Gasteiger partial charge in [-0.05, 0) is 60.2 Å². The molecule has 1 fully saturated rings. The predicted octanol–water partition coefficient (Wildman–Crippen LogP) is 8.11. The lowest BCUT2D eigenvalue weighted by Gasteiger charge is -2.16. The van der Waals surface area contributed by atoms with Crippen molar-refractivity contribution in [2.24, 2.45) is 0 Å². The summed E-state index contributed by atoms with van der Waals surface area (Å²) >= 11 is 25.8. The minimum atomic E-state index is -0.450. The van der Waals surface area contributed by atoms with Crippen LogP contribution in [0.3, 0.4) is 0 Å². The van der Waals surface area contributed by atoms with E-state index in [-0.39, 0.29) is 11.6 Å². The normalized spacial score (nSPS) is 14.9. The molecule has 1 amide bonds. The Morgan fingerprint density at radius 3 is 2.36 bits per heavy atom. The Bertz CT molecular complexity index is 1330. The highest BCUT2D eigenvalue weighted by Gasteiger charge is 2.34. The molecule has 0 unspecified atom stereocenters. The van der Waals surface area contributed by atoms with Gasteiger partial charge in [0.15, 0.2) is 4.32 Å². The van der Waals surface area contributed by atoms with E-state index in [1.165, 1.54) is 28.8 Å². The lowest BCUT2D eigenvalue weighted by atomic mass is 10.2. The molecule has 33 heavy (non-hydrogen) atoms. The average Bonchev–Trinajstić information content (AvgIpc) is 3.03. The minimum Gasteiger partial charge on any atom is -0.268 e. The number of amides is 1. The Morgan fingerprint density at radius 2 is 1.70 bits per heavy atom. The van der Waals surface area contributed by atoms with Gasteiger partial charge >= 0.3 is 0 Å². The van der Waals surface area contributed by atoms with Gasteiger partial charge in [-0.25, -0.2) is 0 Å². The number of hydrogen-bond acceptors (Lipinski definition) is 6. The van der Waals surface area contributed by atoms with Gasteiger partial charge in [0.05, 0.1) is 25.4 Å². The molecule has 0 atom stereocenters. The molecule has 0 aliphatic carbocycles. The fourth-order valence-corrected chi connectivity index (χ4v) is 5.78. The van der Waals surface area contributed by atoms with Crippen molar-refractivity contribution in [1.29, 1.82) is 0 Å². The first-order valence-electron chi connectivity index (χ1n) is 9.18. The van der Waals surface area contributed by atoms with Gasteiger partial charge in [0.2, 0.25) is 0 Å². The number of nitro benzene ring substituents is 1. The first-order valence-corrected chi connectivity index (χ1v) is 12.4. The third-order valence-corrected chi connectivity index (χ3v) is 7.63. The second-order valence-corrected chi connectivity index (χ2v) is 10.7. The van der Waals surface area contributed by atoms with E-state index < -0.39 is 4.92 Å². The number of halogens is 3. The molecule has 1 aliphatic heterocycles. The second kappa shape index (κ2) is 10.0. The van der Waals surface area contributed by atoms with Crippen LogP contribution in [0.15, 0.2) is 75.4 Å². The summed E-state index contributed by atoms with van der Waals surface area (Å²) in [4.78, 5) is 27.2. The summed E-state index contributed by atoms with van der Waals surface area (Å²) in [5, 5.41) is 13.0. The van der Waals surface area contributed by atoms with E-state index >= 15 is 0 Å². The molecule has 0 aromatic heterocycles. The Hall–Kier alpha value is -2.07. The predicted molar refractivity (Wildman–Crippen MR) is 141 cm³/mol. The first-order chi connectivity index (χ1) is 15.7. The van der Waals surface area contributed by atoms with Gasteiger partial charge in [-0.2, -0.15) is 0 Å².